The van der Waals surface area contributed by atoms with Crippen molar-refractivity contribution in [3.8, 4) is 0 Å². The van der Waals surface area contributed by atoms with E-state index in [0.29, 0.717) is 25.7 Å². The van der Waals surface area contributed by atoms with Gasteiger partial charge in [-0.3, -0.25) is 19.7 Å². The van der Waals surface area contributed by atoms with Gasteiger partial charge in [0.15, 0.2) is 5.78 Å². The summed E-state index contributed by atoms with van der Waals surface area (Å²) in [5, 5.41) is 23.8. The molecular weight excluding hydrogens is 310 g/mol. The molecule has 3 fully saturated rings. The van der Waals surface area contributed by atoms with Crippen LogP contribution in [0.3, 0.4) is 0 Å². The van der Waals surface area contributed by atoms with E-state index in [1.165, 1.54) is 0 Å². The zero-order valence-electron chi connectivity index (χ0n) is 13.9. The van der Waals surface area contributed by atoms with E-state index < -0.39 is 16.6 Å². The maximum Gasteiger partial charge on any atom is 0.254 e. The standard InChI is InChI=1S/C18H23NO5/c1-16-7-5-14-13-3-2-12(20)10-11(13)4-8-17(14,19(23)24)18(16,22)9-6-15(16)21/h2-3,11,13-14,22H,4-10H2,1H3/t11-,13-,14+,16+,17-,18+/m0/s1. The Morgan fingerprint density at radius 1 is 1.25 bits per heavy atom. The monoisotopic (exact) mass is 333 g/mol. The molecule has 0 bridgehead atoms. The Hall–Kier alpha value is -1.56. The molecule has 1 N–H and O–H groups in total. The topological polar surface area (TPSA) is 97.5 Å². The molecule has 130 valence electrons. The second kappa shape index (κ2) is 4.75. The summed E-state index contributed by atoms with van der Waals surface area (Å²) in [5.41, 5.74) is -4.07. The zero-order valence-corrected chi connectivity index (χ0v) is 13.9. The third kappa shape index (κ3) is 1.60. The number of nitrogens with zero attached hydrogens (tertiary/aromatic N) is 1. The normalized spacial score (nSPS) is 50.2. The lowest BCUT2D eigenvalue weighted by Gasteiger charge is -2.58. The number of ketones is 2. The first-order chi connectivity index (χ1) is 11.3. The van der Waals surface area contributed by atoms with Crippen LogP contribution in [0.2, 0.25) is 0 Å². The molecule has 0 radical (unpaired) electrons. The van der Waals surface area contributed by atoms with Crippen molar-refractivity contribution in [3.05, 3.63) is 22.3 Å². The molecule has 0 aromatic rings. The molecule has 4 aliphatic rings. The molecule has 0 aromatic carbocycles. The number of hydrogen-bond donors (Lipinski definition) is 1. The highest BCUT2D eigenvalue weighted by atomic mass is 16.6. The number of rotatable bonds is 1. The van der Waals surface area contributed by atoms with Gasteiger partial charge < -0.3 is 5.11 Å². The van der Waals surface area contributed by atoms with Crippen molar-refractivity contribution in [2.45, 2.75) is 63.0 Å². The van der Waals surface area contributed by atoms with Crippen molar-refractivity contribution in [2.24, 2.45) is 23.2 Å². The molecule has 0 spiro atoms. The Morgan fingerprint density at radius 3 is 2.71 bits per heavy atom. The van der Waals surface area contributed by atoms with Crippen LogP contribution < -0.4 is 0 Å². The number of aliphatic hydroxyl groups is 1. The fraction of sp³-hybridized carbons (Fsp3) is 0.778. The zero-order chi connectivity index (χ0) is 17.3. The van der Waals surface area contributed by atoms with Gasteiger partial charge in [-0.25, -0.2) is 0 Å². The number of hydrogen-bond acceptors (Lipinski definition) is 5. The highest BCUT2D eigenvalue weighted by Crippen LogP contribution is 2.65. The van der Waals surface area contributed by atoms with E-state index in [0.717, 1.165) is 0 Å². The van der Waals surface area contributed by atoms with Crippen molar-refractivity contribution < 1.29 is 19.6 Å². The number of fused-ring (bicyclic) bond motifs is 5. The maximum atomic E-state index is 12.5. The Kier molecular flexibility index (Phi) is 3.15. The van der Waals surface area contributed by atoms with Gasteiger partial charge in [-0.1, -0.05) is 6.08 Å². The molecule has 6 atom stereocenters. The SMILES string of the molecule is C[C@]12CC[C@@H]3[C@H]4C=CC(=O)C[C@@H]4CC[C@@]3([N+](=O)[O-])[C@@]1(O)CCC2=O. The van der Waals surface area contributed by atoms with E-state index in [1.54, 1.807) is 13.0 Å². The van der Waals surface area contributed by atoms with Gasteiger partial charge in [0.25, 0.3) is 5.54 Å². The molecule has 3 saturated carbocycles. The van der Waals surface area contributed by atoms with Crippen LogP contribution in [0.25, 0.3) is 0 Å². The van der Waals surface area contributed by atoms with E-state index in [4.69, 9.17) is 0 Å². The van der Waals surface area contributed by atoms with Crippen LogP contribution in [0.15, 0.2) is 12.2 Å². The fourth-order valence-electron chi connectivity index (χ4n) is 6.39. The van der Waals surface area contributed by atoms with Gasteiger partial charge in [-0.15, -0.1) is 0 Å². The first kappa shape index (κ1) is 15.9. The number of nitro groups is 1. The second-order valence-corrected chi connectivity index (χ2v) is 8.35. The smallest absolute Gasteiger partial charge is 0.254 e. The molecule has 24 heavy (non-hydrogen) atoms. The van der Waals surface area contributed by atoms with E-state index in [2.05, 4.69) is 0 Å². The Morgan fingerprint density at radius 2 is 2.00 bits per heavy atom. The van der Waals surface area contributed by atoms with Crippen molar-refractivity contribution in [1.82, 2.24) is 0 Å². The first-order valence-corrected chi connectivity index (χ1v) is 8.87. The molecule has 0 unspecified atom stereocenters. The fourth-order valence-corrected chi connectivity index (χ4v) is 6.39. The Labute approximate surface area is 140 Å². The summed E-state index contributed by atoms with van der Waals surface area (Å²) in [6, 6.07) is 0. The molecule has 0 saturated heterocycles. The Bertz CT molecular complexity index is 672. The van der Waals surface area contributed by atoms with Gasteiger partial charge >= 0.3 is 0 Å². The average Bonchev–Trinajstić information content (AvgIpc) is 2.78. The van der Waals surface area contributed by atoms with Crippen LogP contribution in [-0.4, -0.2) is 32.7 Å². The summed E-state index contributed by atoms with van der Waals surface area (Å²) >= 11 is 0. The summed E-state index contributed by atoms with van der Waals surface area (Å²) in [4.78, 5) is 36.2. The van der Waals surface area contributed by atoms with Crippen molar-refractivity contribution in [3.63, 3.8) is 0 Å². The molecule has 0 aliphatic heterocycles. The van der Waals surface area contributed by atoms with E-state index in [-0.39, 0.29) is 53.5 Å². The Balaban J connectivity index is 1.86. The van der Waals surface area contributed by atoms with Crippen LogP contribution in [0, 0.1) is 33.3 Å². The molecule has 0 aromatic heterocycles. The molecule has 0 amide bonds. The minimum absolute atomic E-state index is 0.0406. The summed E-state index contributed by atoms with van der Waals surface area (Å²) in [6.45, 7) is 1.72. The van der Waals surface area contributed by atoms with Crippen molar-refractivity contribution in [1.29, 1.82) is 0 Å². The van der Waals surface area contributed by atoms with Crippen molar-refractivity contribution >= 4 is 11.6 Å². The van der Waals surface area contributed by atoms with E-state index >= 15 is 0 Å². The van der Waals surface area contributed by atoms with Gasteiger partial charge in [0, 0.05) is 30.1 Å². The maximum absolute atomic E-state index is 12.5. The number of carbonyl (C=O) groups excluding carboxylic acids is 2. The van der Waals surface area contributed by atoms with E-state index in [1.807, 2.05) is 6.08 Å². The van der Waals surface area contributed by atoms with Crippen LogP contribution >= 0.6 is 0 Å². The van der Waals surface area contributed by atoms with Gasteiger partial charge in [0.05, 0.1) is 5.41 Å². The summed E-state index contributed by atoms with van der Waals surface area (Å²) < 4.78 is 0. The molecule has 4 rings (SSSR count). The second-order valence-electron chi connectivity index (χ2n) is 8.35. The summed E-state index contributed by atoms with van der Waals surface area (Å²) in [6.07, 6.45) is 6.10. The molecule has 6 nitrogen and oxygen atoms in total. The molecule has 6 heteroatoms. The van der Waals surface area contributed by atoms with Gasteiger partial charge in [0.2, 0.25) is 0 Å². The minimum Gasteiger partial charge on any atom is -0.381 e. The molecule has 0 heterocycles. The number of Topliss-reactive ketones (excluding diaryl/α,β-unsaturated/α-hetero) is 1. The van der Waals surface area contributed by atoms with Crippen LogP contribution in [-0.2, 0) is 9.59 Å². The quantitative estimate of drug-likeness (QED) is 0.585. The largest absolute Gasteiger partial charge is 0.381 e. The average molecular weight is 333 g/mol. The van der Waals surface area contributed by atoms with Gasteiger partial charge in [0.1, 0.15) is 11.4 Å². The van der Waals surface area contributed by atoms with Gasteiger partial charge in [-0.05, 0) is 50.5 Å². The third-order valence-electron chi connectivity index (χ3n) is 7.73. The highest BCUT2D eigenvalue weighted by molar-refractivity contribution is 5.91. The molecular formula is C18H23NO5. The van der Waals surface area contributed by atoms with Crippen molar-refractivity contribution in [2.75, 3.05) is 0 Å². The van der Waals surface area contributed by atoms with Crippen LogP contribution in [0.1, 0.15) is 51.9 Å². The summed E-state index contributed by atoms with van der Waals surface area (Å²) in [7, 11) is 0. The molecule has 4 aliphatic carbocycles. The lowest BCUT2D eigenvalue weighted by Crippen LogP contribution is -2.74. The predicted molar refractivity (Wildman–Crippen MR) is 84.7 cm³/mol. The lowest BCUT2D eigenvalue weighted by molar-refractivity contribution is -0.622. The van der Waals surface area contributed by atoms with E-state index in [9.17, 15) is 24.8 Å². The number of allylic oxidation sites excluding steroid dienone is 2. The summed E-state index contributed by atoms with van der Waals surface area (Å²) in [5.74, 6) is -0.183. The minimum atomic E-state index is -1.58. The third-order valence-corrected chi connectivity index (χ3v) is 7.73. The van der Waals surface area contributed by atoms with Crippen LogP contribution in [0.5, 0.6) is 0 Å². The number of carbonyl (C=O) groups is 2. The highest BCUT2D eigenvalue weighted by Gasteiger charge is 2.79. The first-order valence-electron chi connectivity index (χ1n) is 8.87. The van der Waals surface area contributed by atoms with Gasteiger partial charge in [-0.2, -0.15) is 0 Å². The van der Waals surface area contributed by atoms with Crippen LogP contribution in [0.4, 0.5) is 0 Å². The predicted octanol–water partition coefficient (Wildman–Crippen LogP) is 2.07. The lowest BCUT2D eigenvalue weighted by atomic mass is 9.46.